The Kier molecular flexibility index (Phi) is 6.19. The van der Waals surface area contributed by atoms with Crippen LogP contribution >= 0.6 is 0 Å². The molecule has 0 saturated carbocycles. The van der Waals surface area contributed by atoms with Gasteiger partial charge in [0.1, 0.15) is 0 Å². The Morgan fingerprint density at radius 2 is 2.19 bits per heavy atom. The summed E-state index contributed by atoms with van der Waals surface area (Å²) in [7, 11) is 1.97. The van der Waals surface area contributed by atoms with Crippen LogP contribution in [0.25, 0.3) is 0 Å². The van der Waals surface area contributed by atoms with Crippen molar-refractivity contribution in [3.63, 3.8) is 0 Å². The van der Waals surface area contributed by atoms with Gasteiger partial charge >= 0.3 is 0 Å². The van der Waals surface area contributed by atoms with Crippen LogP contribution in [0.4, 0.5) is 0 Å². The highest BCUT2D eigenvalue weighted by atomic mass is 16.5. The van der Waals surface area contributed by atoms with Gasteiger partial charge < -0.3 is 14.6 Å². The Balaban J connectivity index is 2.18. The average molecular weight is 224 g/mol. The molecule has 3 heteroatoms. The van der Waals surface area contributed by atoms with E-state index in [2.05, 4.69) is 42.1 Å². The molecule has 0 aliphatic heterocycles. The van der Waals surface area contributed by atoms with E-state index in [4.69, 9.17) is 4.74 Å². The van der Waals surface area contributed by atoms with E-state index in [9.17, 15) is 0 Å². The highest BCUT2D eigenvalue weighted by Gasteiger charge is 1.99. The fourth-order valence-corrected chi connectivity index (χ4v) is 1.59. The summed E-state index contributed by atoms with van der Waals surface area (Å²) in [6, 6.07) is 4.23. The summed E-state index contributed by atoms with van der Waals surface area (Å²) in [5.74, 6) is 0.728. The maximum atomic E-state index is 5.61. The third-order valence-electron chi connectivity index (χ3n) is 2.60. The maximum absolute atomic E-state index is 5.61. The standard InChI is InChI=1S/C13H24N2O/c1-12(2)6-9-16-10-8-15-7-4-5-13(15)11-14-3/h4-5,7,12,14H,6,8-11H2,1-3H3. The van der Waals surface area contributed by atoms with Gasteiger partial charge in [-0.2, -0.15) is 0 Å². The molecule has 1 heterocycles. The number of nitrogens with zero attached hydrogens (tertiary/aromatic N) is 1. The first-order chi connectivity index (χ1) is 7.74. The second-order valence-corrected chi connectivity index (χ2v) is 4.52. The van der Waals surface area contributed by atoms with Crippen molar-refractivity contribution >= 4 is 0 Å². The molecule has 0 aliphatic rings. The molecule has 0 unspecified atom stereocenters. The zero-order valence-corrected chi connectivity index (χ0v) is 10.7. The molecule has 0 saturated heterocycles. The van der Waals surface area contributed by atoms with E-state index >= 15 is 0 Å². The molecule has 0 radical (unpaired) electrons. The number of rotatable bonds is 8. The fourth-order valence-electron chi connectivity index (χ4n) is 1.59. The van der Waals surface area contributed by atoms with E-state index in [0.29, 0.717) is 0 Å². The average Bonchev–Trinajstić information content (AvgIpc) is 2.65. The van der Waals surface area contributed by atoms with E-state index in [1.165, 1.54) is 5.69 Å². The van der Waals surface area contributed by atoms with Crippen molar-refractivity contribution in [1.82, 2.24) is 9.88 Å². The van der Waals surface area contributed by atoms with Gasteiger partial charge in [-0.15, -0.1) is 0 Å². The molecule has 0 atom stereocenters. The summed E-state index contributed by atoms with van der Waals surface area (Å²) in [6.45, 7) is 7.99. The van der Waals surface area contributed by atoms with Crippen molar-refractivity contribution < 1.29 is 4.74 Å². The molecule has 0 fully saturated rings. The topological polar surface area (TPSA) is 26.2 Å². The number of aromatic nitrogens is 1. The zero-order chi connectivity index (χ0) is 11.8. The molecule has 0 amide bonds. The van der Waals surface area contributed by atoms with Gasteiger partial charge in [0.25, 0.3) is 0 Å². The summed E-state index contributed by atoms with van der Waals surface area (Å²) in [5.41, 5.74) is 1.31. The Labute approximate surface area is 98.8 Å². The summed E-state index contributed by atoms with van der Waals surface area (Å²) in [4.78, 5) is 0. The number of hydrogen-bond acceptors (Lipinski definition) is 2. The molecule has 0 bridgehead atoms. The third-order valence-corrected chi connectivity index (χ3v) is 2.60. The van der Waals surface area contributed by atoms with Gasteiger partial charge in [0, 0.05) is 31.6 Å². The van der Waals surface area contributed by atoms with Gasteiger partial charge in [0.15, 0.2) is 0 Å². The van der Waals surface area contributed by atoms with Gasteiger partial charge in [-0.05, 0) is 31.5 Å². The van der Waals surface area contributed by atoms with Crippen molar-refractivity contribution in [2.75, 3.05) is 20.3 Å². The minimum Gasteiger partial charge on any atom is -0.380 e. The number of ether oxygens (including phenoxy) is 1. The molecular formula is C13H24N2O. The zero-order valence-electron chi connectivity index (χ0n) is 10.7. The van der Waals surface area contributed by atoms with E-state index < -0.39 is 0 Å². The van der Waals surface area contributed by atoms with Gasteiger partial charge in [0.2, 0.25) is 0 Å². The van der Waals surface area contributed by atoms with Gasteiger partial charge in [-0.1, -0.05) is 13.8 Å². The predicted octanol–water partition coefficient (Wildman–Crippen LogP) is 2.27. The lowest BCUT2D eigenvalue weighted by Gasteiger charge is -2.10. The van der Waals surface area contributed by atoms with E-state index in [1.807, 2.05) is 7.05 Å². The summed E-state index contributed by atoms with van der Waals surface area (Å²) in [5, 5.41) is 3.17. The van der Waals surface area contributed by atoms with E-state index in [-0.39, 0.29) is 0 Å². The molecule has 1 aromatic rings. The van der Waals surface area contributed by atoms with Crippen molar-refractivity contribution in [1.29, 1.82) is 0 Å². The molecule has 1 rings (SSSR count). The summed E-state index contributed by atoms with van der Waals surface area (Å²) < 4.78 is 7.85. The highest BCUT2D eigenvalue weighted by molar-refractivity contribution is 5.06. The summed E-state index contributed by atoms with van der Waals surface area (Å²) >= 11 is 0. The second-order valence-electron chi connectivity index (χ2n) is 4.52. The molecule has 1 aromatic heterocycles. The van der Waals surface area contributed by atoms with Crippen LogP contribution < -0.4 is 5.32 Å². The molecule has 0 spiro atoms. The maximum Gasteiger partial charge on any atom is 0.0645 e. The van der Waals surface area contributed by atoms with Crippen molar-refractivity contribution in [3.8, 4) is 0 Å². The lowest BCUT2D eigenvalue weighted by Crippen LogP contribution is -2.13. The van der Waals surface area contributed by atoms with Crippen LogP contribution in [-0.2, 0) is 17.8 Å². The summed E-state index contributed by atoms with van der Waals surface area (Å²) in [6.07, 6.45) is 3.26. The Bertz CT molecular complexity index is 281. The van der Waals surface area contributed by atoms with Crippen LogP contribution in [0.1, 0.15) is 26.0 Å². The Morgan fingerprint density at radius 1 is 1.38 bits per heavy atom. The van der Waals surface area contributed by atoms with Crippen LogP contribution in [0.3, 0.4) is 0 Å². The van der Waals surface area contributed by atoms with Crippen LogP contribution in [0, 0.1) is 5.92 Å². The van der Waals surface area contributed by atoms with E-state index in [1.54, 1.807) is 0 Å². The van der Waals surface area contributed by atoms with Crippen molar-refractivity contribution in [2.24, 2.45) is 5.92 Å². The van der Waals surface area contributed by atoms with Crippen LogP contribution in [0.5, 0.6) is 0 Å². The number of hydrogen-bond donors (Lipinski definition) is 1. The number of nitrogens with one attached hydrogen (secondary N) is 1. The van der Waals surface area contributed by atoms with Crippen molar-refractivity contribution in [2.45, 2.75) is 33.4 Å². The molecule has 3 nitrogen and oxygen atoms in total. The lowest BCUT2D eigenvalue weighted by atomic mass is 10.1. The minimum atomic E-state index is 0.728. The van der Waals surface area contributed by atoms with Gasteiger partial charge in [0.05, 0.1) is 6.61 Å². The Hall–Kier alpha value is -0.800. The van der Waals surface area contributed by atoms with Gasteiger partial charge in [-0.25, -0.2) is 0 Å². The molecule has 16 heavy (non-hydrogen) atoms. The molecule has 0 aromatic carbocycles. The fraction of sp³-hybridized carbons (Fsp3) is 0.692. The first-order valence-corrected chi connectivity index (χ1v) is 6.10. The first kappa shape index (κ1) is 13.3. The largest absolute Gasteiger partial charge is 0.380 e. The van der Waals surface area contributed by atoms with Crippen LogP contribution in [0.15, 0.2) is 18.3 Å². The quantitative estimate of drug-likeness (QED) is 0.686. The van der Waals surface area contributed by atoms with Crippen molar-refractivity contribution in [3.05, 3.63) is 24.0 Å². The smallest absolute Gasteiger partial charge is 0.0645 e. The van der Waals surface area contributed by atoms with Gasteiger partial charge in [-0.3, -0.25) is 0 Å². The highest BCUT2D eigenvalue weighted by Crippen LogP contribution is 2.03. The molecular weight excluding hydrogens is 200 g/mol. The van der Waals surface area contributed by atoms with Crippen LogP contribution in [0.2, 0.25) is 0 Å². The third kappa shape index (κ3) is 4.81. The van der Waals surface area contributed by atoms with E-state index in [0.717, 1.165) is 38.6 Å². The second kappa shape index (κ2) is 7.47. The lowest BCUT2D eigenvalue weighted by molar-refractivity contribution is 0.116. The van der Waals surface area contributed by atoms with Crippen LogP contribution in [-0.4, -0.2) is 24.8 Å². The predicted molar refractivity (Wildman–Crippen MR) is 67.5 cm³/mol. The SMILES string of the molecule is CNCc1cccn1CCOCCC(C)C. The molecule has 1 N–H and O–H groups in total. The normalized spacial score (nSPS) is 11.2. The Morgan fingerprint density at radius 3 is 2.88 bits per heavy atom. The monoisotopic (exact) mass is 224 g/mol. The first-order valence-electron chi connectivity index (χ1n) is 6.10. The molecule has 92 valence electrons. The molecule has 0 aliphatic carbocycles. The minimum absolute atomic E-state index is 0.728.